The molecule has 0 aliphatic heterocycles. The van der Waals surface area contributed by atoms with E-state index in [2.05, 4.69) is 16.0 Å². The van der Waals surface area contributed by atoms with Gasteiger partial charge in [0.25, 0.3) is 0 Å². The predicted octanol–water partition coefficient (Wildman–Crippen LogP) is 1.23. The lowest BCUT2D eigenvalue weighted by Gasteiger charge is -2.18. The van der Waals surface area contributed by atoms with E-state index in [9.17, 15) is 23.2 Å². The van der Waals surface area contributed by atoms with Crippen LogP contribution in [0.1, 0.15) is 17.2 Å². The van der Waals surface area contributed by atoms with Gasteiger partial charge in [-0.2, -0.15) is 0 Å². The summed E-state index contributed by atoms with van der Waals surface area (Å²) >= 11 is 0. The standard InChI is InChI=1S/C19H19F2N3O3/c1-22-19(27)18(13-7-8-14(20)15(21)10-13)24-17(26)11-23-16(25)9-12-5-3-2-4-6-12/h2-8,10,18H,9,11H2,1H3,(H,22,27)(H,23,25)(H,24,26). The van der Waals surface area contributed by atoms with Crippen molar-refractivity contribution in [3.8, 4) is 0 Å². The lowest BCUT2D eigenvalue weighted by Crippen LogP contribution is -2.43. The van der Waals surface area contributed by atoms with E-state index >= 15 is 0 Å². The maximum atomic E-state index is 13.4. The molecule has 2 aromatic rings. The van der Waals surface area contributed by atoms with Crippen LogP contribution >= 0.6 is 0 Å². The normalized spacial score (nSPS) is 11.4. The summed E-state index contributed by atoms with van der Waals surface area (Å²) in [5, 5.41) is 7.19. The van der Waals surface area contributed by atoms with Crippen LogP contribution < -0.4 is 16.0 Å². The summed E-state index contributed by atoms with van der Waals surface area (Å²) in [5.74, 6) is -3.80. The number of rotatable bonds is 7. The van der Waals surface area contributed by atoms with Gasteiger partial charge < -0.3 is 16.0 Å². The first kappa shape index (κ1) is 20.0. The van der Waals surface area contributed by atoms with Gasteiger partial charge in [0.05, 0.1) is 13.0 Å². The van der Waals surface area contributed by atoms with Gasteiger partial charge in [0.15, 0.2) is 11.6 Å². The SMILES string of the molecule is CNC(=O)C(NC(=O)CNC(=O)Cc1ccccc1)c1ccc(F)c(F)c1. The maximum absolute atomic E-state index is 13.4. The van der Waals surface area contributed by atoms with E-state index < -0.39 is 29.5 Å². The Bertz CT molecular complexity index is 828. The van der Waals surface area contributed by atoms with Crippen molar-refractivity contribution in [2.24, 2.45) is 0 Å². The van der Waals surface area contributed by atoms with Gasteiger partial charge in [-0.25, -0.2) is 8.78 Å². The lowest BCUT2D eigenvalue weighted by molar-refractivity contribution is -0.129. The molecule has 0 saturated carbocycles. The van der Waals surface area contributed by atoms with E-state index in [1.807, 2.05) is 6.07 Å². The molecule has 0 aliphatic carbocycles. The molecular formula is C19H19F2N3O3. The summed E-state index contributed by atoms with van der Waals surface area (Å²) in [5.41, 5.74) is 0.873. The highest BCUT2D eigenvalue weighted by Gasteiger charge is 2.23. The van der Waals surface area contributed by atoms with Crippen LogP contribution in [0.25, 0.3) is 0 Å². The summed E-state index contributed by atoms with van der Waals surface area (Å²) in [7, 11) is 1.35. The fourth-order valence-electron chi connectivity index (χ4n) is 2.37. The number of carbonyl (C=O) groups excluding carboxylic acids is 3. The van der Waals surface area contributed by atoms with Crippen LogP contribution in [0, 0.1) is 11.6 Å². The molecule has 27 heavy (non-hydrogen) atoms. The Kier molecular flexibility index (Phi) is 6.99. The Balaban J connectivity index is 1.96. The number of likely N-dealkylation sites (N-methyl/N-ethyl adjacent to an activating group) is 1. The van der Waals surface area contributed by atoms with Crippen LogP contribution in [0.3, 0.4) is 0 Å². The smallest absolute Gasteiger partial charge is 0.246 e. The third-order valence-corrected chi connectivity index (χ3v) is 3.74. The minimum absolute atomic E-state index is 0.0808. The van der Waals surface area contributed by atoms with Gasteiger partial charge in [0, 0.05) is 7.05 Å². The summed E-state index contributed by atoms with van der Waals surface area (Å²) in [4.78, 5) is 36.0. The van der Waals surface area contributed by atoms with Gasteiger partial charge in [0.2, 0.25) is 17.7 Å². The van der Waals surface area contributed by atoms with Crippen molar-refractivity contribution in [2.75, 3.05) is 13.6 Å². The zero-order valence-corrected chi connectivity index (χ0v) is 14.6. The Labute approximate surface area is 155 Å². The van der Waals surface area contributed by atoms with Crippen molar-refractivity contribution in [3.63, 3.8) is 0 Å². The third kappa shape index (κ3) is 5.88. The van der Waals surface area contributed by atoms with Crippen LogP contribution in [0.5, 0.6) is 0 Å². The highest BCUT2D eigenvalue weighted by atomic mass is 19.2. The van der Waals surface area contributed by atoms with Crippen LogP contribution in [0.2, 0.25) is 0 Å². The van der Waals surface area contributed by atoms with Crippen molar-refractivity contribution in [3.05, 3.63) is 71.3 Å². The van der Waals surface area contributed by atoms with E-state index in [4.69, 9.17) is 0 Å². The number of halogens is 2. The molecule has 0 aromatic heterocycles. The largest absolute Gasteiger partial charge is 0.357 e. The zero-order chi connectivity index (χ0) is 19.8. The van der Waals surface area contributed by atoms with Gasteiger partial charge >= 0.3 is 0 Å². The number of amides is 3. The van der Waals surface area contributed by atoms with Crippen LogP contribution in [-0.4, -0.2) is 31.3 Å². The van der Waals surface area contributed by atoms with Crippen molar-refractivity contribution in [1.82, 2.24) is 16.0 Å². The molecular weight excluding hydrogens is 356 g/mol. The molecule has 0 radical (unpaired) electrons. The molecule has 2 aromatic carbocycles. The van der Waals surface area contributed by atoms with Crippen molar-refractivity contribution in [1.29, 1.82) is 0 Å². The number of hydrogen-bond donors (Lipinski definition) is 3. The highest BCUT2D eigenvalue weighted by Crippen LogP contribution is 2.16. The van der Waals surface area contributed by atoms with Crippen LogP contribution in [-0.2, 0) is 20.8 Å². The fourth-order valence-corrected chi connectivity index (χ4v) is 2.37. The second-order valence-corrected chi connectivity index (χ2v) is 5.73. The summed E-state index contributed by atoms with van der Waals surface area (Å²) in [6.45, 7) is -0.358. The van der Waals surface area contributed by atoms with E-state index in [1.165, 1.54) is 13.1 Å². The second-order valence-electron chi connectivity index (χ2n) is 5.73. The number of benzene rings is 2. The Morgan fingerprint density at radius 1 is 0.963 bits per heavy atom. The lowest BCUT2D eigenvalue weighted by atomic mass is 10.1. The zero-order valence-electron chi connectivity index (χ0n) is 14.6. The fraction of sp³-hybridized carbons (Fsp3) is 0.211. The van der Waals surface area contributed by atoms with Crippen LogP contribution in [0.15, 0.2) is 48.5 Å². The monoisotopic (exact) mass is 375 g/mol. The molecule has 8 heteroatoms. The average molecular weight is 375 g/mol. The molecule has 0 bridgehead atoms. The van der Waals surface area contributed by atoms with E-state index in [1.54, 1.807) is 24.3 Å². The topological polar surface area (TPSA) is 87.3 Å². The second kappa shape index (κ2) is 9.42. The van der Waals surface area contributed by atoms with E-state index in [0.717, 1.165) is 17.7 Å². The van der Waals surface area contributed by atoms with Crippen molar-refractivity contribution in [2.45, 2.75) is 12.5 Å². The molecule has 0 spiro atoms. The molecule has 1 unspecified atom stereocenters. The molecule has 3 N–H and O–H groups in total. The molecule has 0 saturated heterocycles. The van der Waals surface area contributed by atoms with Gasteiger partial charge in [-0.05, 0) is 23.3 Å². The van der Waals surface area contributed by atoms with E-state index in [-0.39, 0.29) is 24.4 Å². The van der Waals surface area contributed by atoms with Crippen LogP contribution in [0.4, 0.5) is 8.78 Å². The van der Waals surface area contributed by atoms with Gasteiger partial charge in [-0.15, -0.1) is 0 Å². The molecule has 142 valence electrons. The quantitative estimate of drug-likeness (QED) is 0.680. The van der Waals surface area contributed by atoms with Gasteiger partial charge in [-0.3, -0.25) is 14.4 Å². The summed E-state index contributed by atoms with van der Waals surface area (Å²) in [6, 6.07) is 10.7. The first-order chi connectivity index (χ1) is 12.9. The first-order valence-electron chi connectivity index (χ1n) is 8.17. The molecule has 6 nitrogen and oxygen atoms in total. The maximum Gasteiger partial charge on any atom is 0.246 e. The molecule has 0 fully saturated rings. The number of hydrogen-bond acceptors (Lipinski definition) is 3. The number of carbonyl (C=O) groups is 3. The van der Waals surface area contributed by atoms with Crippen molar-refractivity contribution >= 4 is 17.7 Å². The molecule has 0 aliphatic rings. The number of nitrogens with one attached hydrogen (secondary N) is 3. The Morgan fingerprint density at radius 2 is 1.67 bits per heavy atom. The minimum Gasteiger partial charge on any atom is -0.357 e. The minimum atomic E-state index is -1.22. The Morgan fingerprint density at radius 3 is 2.30 bits per heavy atom. The molecule has 1 atom stereocenters. The average Bonchev–Trinajstić information content (AvgIpc) is 2.67. The highest BCUT2D eigenvalue weighted by molar-refractivity contribution is 5.91. The predicted molar refractivity (Wildman–Crippen MR) is 94.5 cm³/mol. The third-order valence-electron chi connectivity index (χ3n) is 3.74. The van der Waals surface area contributed by atoms with Gasteiger partial charge in [-0.1, -0.05) is 36.4 Å². The van der Waals surface area contributed by atoms with Gasteiger partial charge in [0.1, 0.15) is 6.04 Å². The summed E-state index contributed by atoms with van der Waals surface area (Å²) in [6.07, 6.45) is 0.107. The Hall–Kier alpha value is -3.29. The first-order valence-corrected chi connectivity index (χ1v) is 8.17. The molecule has 2 rings (SSSR count). The van der Waals surface area contributed by atoms with Crippen molar-refractivity contribution < 1.29 is 23.2 Å². The van der Waals surface area contributed by atoms with E-state index in [0.29, 0.717) is 0 Å². The molecule has 3 amide bonds. The molecule has 0 heterocycles. The summed E-state index contributed by atoms with van der Waals surface area (Å²) < 4.78 is 26.5.